The van der Waals surface area contributed by atoms with Crippen LogP contribution in [0.2, 0.25) is 0 Å². The van der Waals surface area contributed by atoms with Gasteiger partial charge < -0.3 is 9.47 Å². The largest absolute Gasteiger partial charge is 0.497 e. The lowest BCUT2D eigenvalue weighted by atomic mass is 10.2. The first-order valence-electron chi connectivity index (χ1n) is 6.88. The molecule has 0 saturated carbocycles. The predicted octanol–water partition coefficient (Wildman–Crippen LogP) is 1.46. The summed E-state index contributed by atoms with van der Waals surface area (Å²) in [5.41, 5.74) is 1.32. The van der Waals surface area contributed by atoms with Crippen molar-refractivity contribution in [3.05, 3.63) is 29.8 Å². The predicted molar refractivity (Wildman–Crippen MR) is 76.6 cm³/mol. The number of nitrogens with zero attached hydrogens (tertiary/aromatic N) is 2. The molecule has 0 amide bonds. The second-order valence-corrected chi connectivity index (χ2v) is 4.96. The topological polar surface area (TPSA) is 24.9 Å². The van der Waals surface area contributed by atoms with Crippen LogP contribution in [0, 0.1) is 0 Å². The molecule has 1 heterocycles. The van der Waals surface area contributed by atoms with E-state index in [0.29, 0.717) is 0 Å². The molecule has 1 saturated heterocycles. The molecule has 4 nitrogen and oxygen atoms in total. The number of ether oxygens (including phenoxy) is 2. The van der Waals surface area contributed by atoms with Gasteiger partial charge in [0.2, 0.25) is 0 Å². The van der Waals surface area contributed by atoms with Crippen molar-refractivity contribution in [2.75, 3.05) is 53.6 Å². The highest BCUT2D eigenvalue weighted by atomic mass is 16.5. The van der Waals surface area contributed by atoms with E-state index in [9.17, 15) is 0 Å². The van der Waals surface area contributed by atoms with Gasteiger partial charge in [0.1, 0.15) is 5.75 Å². The number of benzene rings is 1. The molecule has 1 fully saturated rings. The molecular weight excluding hydrogens is 240 g/mol. The zero-order valence-electron chi connectivity index (χ0n) is 12.0. The van der Waals surface area contributed by atoms with Crippen molar-refractivity contribution in [3.8, 4) is 5.75 Å². The fraction of sp³-hybridized carbons (Fsp3) is 0.600. The Morgan fingerprint density at radius 1 is 1.05 bits per heavy atom. The summed E-state index contributed by atoms with van der Waals surface area (Å²) in [7, 11) is 3.48. The van der Waals surface area contributed by atoms with Gasteiger partial charge in [0.15, 0.2) is 0 Å². The van der Waals surface area contributed by atoms with Gasteiger partial charge in [-0.2, -0.15) is 0 Å². The molecule has 1 aliphatic rings. The van der Waals surface area contributed by atoms with Crippen molar-refractivity contribution in [2.45, 2.75) is 6.54 Å². The van der Waals surface area contributed by atoms with Crippen LogP contribution in [0.3, 0.4) is 0 Å². The first kappa shape index (κ1) is 14.3. The summed E-state index contributed by atoms with van der Waals surface area (Å²) >= 11 is 0. The van der Waals surface area contributed by atoms with Crippen LogP contribution in [0.15, 0.2) is 24.3 Å². The van der Waals surface area contributed by atoms with E-state index in [-0.39, 0.29) is 0 Å². The van der Waals surface area contributed by atoms with Crippen LogP contribution in [-0.4, -0.2) is 63.4 Å². The van der Waals surface area contributed by atoms with Gasteiger partial charge in [0.05, 0.1) is 13.7 Å². The third kappa shape index (κ3) is 4.49. The Kier molecular flexibility index (Phi) is 5.63. The van der Waals surface area contributed by atoms with Crippen molar-refractivity contribution in [3.63, 3.8) is 0 Å². The van der Waals surface area contributed by atoms with Gasteiger partial charge in [-0.25, -0.2) is 0 Å². The Bertz CT molecular complexity index is 376. The van der Waals surface area contributed by atoms with Gasteiger partial charge >= 0.3 is 0 Å². The van der Waals surface area contributed by atoms with Crippen molar-refractivity contribution < 1.29 is 9.47 Å². The lowest BCUT2D eigenvalue weighted by Crippen LogP contribution is -2.46. The highest BCUT2D eigenvalue weighted by Crippen LogP contribution is 2.15. The van der Waals surface area contributed by atoms with Gasteiger partial charge in [-0.15, -0.1) is 0 Å². The second-order valence-electron chi connectivity index (χ2n) is 4.96. The van der Waals surface area contributed by atoms with Crippen molar-refractivity contribution >= 4 is 0 Å². The van der Waals surface area contributed by atoms with Crippen LogP contribution in [0.1, 0.15) is 5.56 Å². The summed E-state index contributed by atoms with van der Waals surface area (Å²) in [5, 5.41) is 0. The maximum Gasteiger partial charge on any atom is 0.119 e. The molecule has 0 aromatic heterocycles. The van der Waals surface area contributed by atoms with Crippen LogP contribution in [0.25, 0.3) is 0 Å². The molecule has 0 radical (unpaired) electrons. The Morgan fingerprint density at radius 3 is 2.47 bits per heavy atom. The highest BCUT2D eigenvalue weighted by molar-refractivity contribution is 5.28. The first-order valence-corrected chi connectivity index (χ1v) is 6.88. The normalized spacial score (nSPS) is 17.6. The van der Waals surface area contributed by atoms with Crippen molar-refractivity contribution in [2.24, 2.45) is 0 Å². The molecule has 1 aliphatic heterocycles. The number of hydrogen-bond donors (Lipinski definition) is 0. The summed E-state index contributed by atoms with van der Waals surface area (Å²) in [6.45, 7) is 7.40. The monoisotopic (exact) mass is 264 g/mol. The van der Waals surface area contributed by atoms with E-state index in [1.54, 1.807) is 14.2 Å². The molecule has 1 aromatic rings. The average molecular weight is 264 g/mol. The maximum atomic E-state index is 5.26. The lowest BCUT2D eigenvalue weighted by Gasteiger charge is -2.34. The molecule has 106 valence electrons. The summed E-state index contributed by atoms with van der Waals surface area (Å²) < 4.78 is 10.4. The molecule has 1 aromatic carbocycles. The van der Waals surface area contributed by atoms with Crippen LogP contribution in [0.4, 0.5) is 0 Å². The van der Waals surface area contributed by atoms with E-state index < -0.39 is 0 Å². The van der Waals surface area contributed by atoms with Crippen LogP contribution >= 0.6 is 0 Å². The van der Waals surface area contributed by atoms with Gasteiger partial charge in [-0.1, -0.05) is 12.1 Å². The van der Waals surface area contributed by atoms with Crippen LogP contribution < -0.4 is 4.74 Å². The van der Waals surface area contributed by atoms with E-state index >= 15 is 0 Å². The summed E-state index contributed by atoms with van der Waals surface area (Å²) in [6, 6.07) is 8.34. The highest BCUT2D eigenvalue weighted by Gasteiger charge is 2.16. The van der Waals surface area contributed by atoms with E-state index in [1.165, 1.54) is 5.56 Å². The second kappa shape index (κ2) is 7.48. The minimum atomic E-state index is 0.829. The van der Waals surface area contributed by atoms with Gasteiger partial charge in [0, 0.05) is 46.4 Å². The van der Waals surface area contributed by atoms with Crippen molar-refractivity contribution in [1.29, 1.82) is 0 Å². The van der Waals surface area contributed by atoms with Gasteiger partial charge in [-0.05, 0) is 17.7 Å². The molecule has 0 unspecified atom stereocenters. The fourth-order valence-electron chi connectivity index (χ4n) is 2.42. The molecule has 19 heavy (non-hydrogen) atoms. The number of piperazine rings is 1. The molecule has 0 spiro atoms. The quantitative estimate of drug-likeness (QED) is 0.776. The molecule has 4 heteroatoms. The SMILES string of the molecule is COCCN1CCN(Cc2cccc(OC)c2)CC1. The van der Waals surface area contributed by atoms with Gasteiger partial charge in [0.25, 0.3) is 0 Å². The number of methoxy groups -OCH3 is 2. The Morgan fingerprint density at radius 2 is 1.79 bits per heavy atom. The summed E-state index contributed by atoms with van der Waals surface area (Å²) in [4.78, 5) is 4.96. The summed E-state index contributed by atoms with van der Waals surface area (Å²) in [6.07, 6.45) is 0. The molecule has 0 aliphatic carbocycles. The molecule has 0 bridgehead atoms. The zero-order valence-corrected chi connectivity index (χ0v) is 12.0. The summed E-state index contributed by atoms with van der Waals surface area (Å²) in [5.74, 6) is 0.941. The zero-order chi connectivity index (χ0) is 13.5. The van der Waals surface area contributed by atoms with E-state index in [2.05, 4.69) is 28.0 Å². The Labute approximate surface area is 115 Å². The number of rotatable bonds is 6. The number of hydrogen-bond acceptors (Lipinski definition) is 4. The Balaban J connectivity index is 1.78. The van der Waals surface area contributed by atoms with Crippen LogP contribution in [0.5, 0.6) is 5.75 Å². The lowest BCUT2D eigenvalue weighted by molar-refractivity contribution is 0.0938. The van der Waals surface area contributed by atoms with Gasteiger partial charge in [-0.3, -0.25) is 9.80 Å². The molecule has 2 rings (SSSR count). The third-order valence-corrected chi connectivity index (χ3v) is 3.62. The van der Waals surface area contributed by atoms with E-state index in [4.69, 9.17) is 9.47 Å². The fourth-order valence-corrected chi connectivity index (χ4v) is 2.42. The van der Waals surface area contributed by atoms with Crippen molar-refractivity contribution in [1.82, 2.24) is 9.80 Å². The minimum absolute atomic E-state index is 0.829. The van der Waals surface area contributed by atoms with E-state index in [0.717, 1.165) is 51.6 Å². The Hall–Kier alpha value is -1.10. The van der Waals surface area contributed by atoms with Crippen LogP contribution in [-0.2, 0) is 11.3 Å². The first-order chi connectivity index (χ1) is 9.31. The molecule has 0 atom stereocenters. The maximum absolute atomic E-state index is 5.26. The average Bonchev–Trinajstić information content (AvgIpc) is 2.47. The smallest absolute Gasteiger partial charge is 0.119 e. The molecule has 0 N–H and O–H groups in total. The molecular formula is C15H24N2O2. The standard InChI is InChI=1S/C15H24N2O2/c1-18-11-10-16-6-8-17(9-7-16)13-14-4-3-5-15(12-14)19-2/h3-5,12H,6-11,13H2,1-2H3. The third-order valence-electron chi connectivity index (χ3n) is 3.62. The minimum Gasteiger partial charge on any atom is -0.497 e. The van der Waals surface area contributed by atoms with E-state index in [1.807, 2.05) is 6.07 Å².